The van der Waals surface area contributed by atoms with Crippen LogP contribution in [-0.4, -0.2) is 29.8 Å². The van der Waals surface area contributed by atoms with Gasteiger partial charge >= 0.3 is 0 Å². The first-order valence-electron chi connectivity index (χ1n) is 10.9. The number of halogens is 1. The highest BCUT2D eigenvalue weighted by molar-refractivity contribution is 8.93. The van der Waals surface area contributed by atoms with E-state index in [1.165, 1.54) is 23.2 Å². The predicted molar refractivity (Wildman–Crippen MR) is 132 cm³/mol. The Balaban J connectivity index is 0.00000216. The number of pyridine rings is 1. The summed E-state index contributed by atoms with van der Waals surface area (Å²) in [5.74, 6) is 0.992. The van der Waals surface area contributed by atoms with Crippen LogP contribution in [0.15, 0.2) is 67.1 Å². The molecule has 3 heterocycles. The van der Waals surface area contributed by atoms with E-state index in [0.29, 0.717) is 0 Å². The van der Waals surface area contributed by atoms with E-state index in [9.17, 15) is 0 Å². The van der Waals surface area contributed by atoms with Crippen LogP contribution >= 0.6 is 17.0 Å². The van der Waals surface area contributed by atoms with Crippen molar-refractivity contribution < 1.29 is 0 Å². The van der Waals surface area contributed by atoms with Crippen molar-refractivity contribution in [2.45, 2.75) is 38.4 Å². The van der Waals surface area contributed by atoms with Gasteiger partial charge < -0.3 is 9.97 Å². The van der Waals surface area contributed by atoms with Crippen molar-refractivity contribution in [3.05, 3.63) is 89.8 Å². The van der Waals surface area contributed by atoms with Crippen LogP contribution < -0.4 is 0 Å². The Morgan fingerprint density at radius 2 is 1.88 bits per heavy atom. The van der Waals surface area contributed by atoms with Gasteiger partial charge in [0.2, 0.25) is 0 Å². The molecule has 3 aromatic heterocycles. The number of aryl methyl sites for hydroxylation is 1. The molecule has 0 radical (unpaired) electrons. The summed E-state index contributed by atoms with van der Waals surface area (Å²) in [6.07, 6.45) is 7.07. The van der Waals surface area contributed by atoms with Crippen molar-refractivity contribution in [1.29, 1.82) is 0 Å². The molecule has 0 bridgehead atoms. The van der Waals surface area contributed by atoms with E-state index in [-0.39, 0.29) is 23.0 Å². The maximum absolute atomic E-state index is 4.85. The lowest BCUT2D eigenvalue weighted by molar-refractivity contribution is 0.153. The number of H-pyrrole nitrogens is 2. The molecule has 0 fully saturated rings. The number of fused-ring (bicyclic) bond motifs is 3. The van der Waals surface area contributed by atoms with Gasteiger partial charge in [0.15, 0.2) is 0 Å². The van der Waals surface area contributed by atoms with Crippen molar-refractivity contribution in [1.82, 2.24) is 29.8 Å². The Morgan fingerprint density at radius 3 is 2.81 bits per heavy atom. The third kappa shape index (κ3) is 3.94. The molecule has 32 heavy (non-hydrogen) atoms. The molecular weight excluding hydrogens is 464 g/mol. The minimum Gasteiger partial charge on any atom is -0.345 e. The van der Waals surface area contributed by atoms with Crippen LogP contribution in [0.5, 0.6) is 0 Å². The van der Waals surface area contributed by atoms with E-state index in [1.807, 2.05) is 18.3 Å². The summed E-state index contributed by atoms with van der Waals surface area (Å²) < 4.78 is 0. The van der Waals surface area contributed by atoms with Crippen molar-refractivity contribution in [2.24, 2.45) is 0 Å². The molecule has 0 aliphatic heterocycles. The second kappa shape index (κ2) is 8.84. The van der Waals surface area contributed by atoms with Gasteiger partial charge in [-0.2, -0.15) is 0 Å². The predicted octanol–water partition coefficient (Wildman–Crippen LogP) is 5.49. The molecule has 0 spiro atoms. The highest BCUT2D eigenvalue weighted by Gasteiger charge is 2.28. The molecule has 5 aromatic rings. The topological polar surface area (TPSA) is 73.5 Å². The molecule has 2 N–H and O–H groups in total. The number of hydrogen-bond donors (Lipinski definition) is 2. The summed E-state index contributed by atoms with van der Waals surface area (Å²) in [4.78, 5) is 23.3. The lowest BCUT2D eigenvalue weighted by Crippen LogP contribution is -2.31. The molecule has 0 saturated carbocycles. The lowest BCUT2D eigenvalue weighted by atomic mass is 9.90. The quantitative estimate of drug-likeness (QED) is 0.342. The van der Waals surface area contributed by atoms with Crippen molar-refractivity contribution >= 4 is 39.0 Å². The third-order valence-electron chi connectivity index (χ3n) is 6.27. The Hall–Kier alpha value is -3.03. The van der Waals surface area contributed by atoms with Crippen LogP contribution in [0.1, 0.15) is 41.5 Å². The fourth-order valence-electron chi connectivity index (χ4n) is 4.81. The summed E-state index contributed by atoms with van der Waals surface area (Å²) >= 11 is 0. The maximum Gasteiger partial charge on any atom is 0.121 e. The van der Waals surface area contributed by atoms with E-state index in [1.54, 1.807) is 6.33 Å². The maximum atomic E-state index is 4.85. The second-order valence-electron chi connectivity index (χ2n) is 8.32. The van der Waals surface area contributed by atoms with Crippen LogP contribution in [0.2, 0.25) is 0 Å². The number of nitrogens with one attached hydrogen (secondary N) is 2. The normalized spacial score (nSPS) is 15.7. The average molecular weight is 489 g/mol. The van der Waals surface area contributed by atoms with Gasteiger partial charge in [-0.3, -0.25) is 9.88 Å². The second-order valence-corrected chi connectivity index (χ2v) is 8.32. The molecule has 6 nitrogen and oxygen atoms in total. The number of hydrogen-bond acceptors (Lipinski definition) is 4. The standard InChI is InChI=1S/C25H24N6.BrH/c1-2-8-21-20(7-1)29-24(30-21)15-31(14-17-10-11-19-22(13-17)28-16-27-19)23-9-3-5-18-6-4-12-26-25(18)23;/h1-2,4,6-8,10-13,16,23H,3,5,9,14-15H2,(H,27,28)(H,29,30);1H. The molecule has 0 amide bonds. The Bertz CT molecular complexity index is 1320. The van der Waals surface area contributed by atoms with Gasteiger partial charge in [0.05, 0.1) is 46.7 Å². The van der Waals surface area contributed by atoms with Crippen molar-refractivity contribution in [3.63, 3.8) is 0 Å². The van der Waals surface area contributed by atoms with Crippen LogP contribution in [0.4, 0.5) is 0 Å². The lowest BCUT2D eigenvalue weighted by Gasteiger charge is -2.34. The van der Waals surface area contributed by atoms with E-state index in [2.05, 4.69) is 62.3 Å². The highest BCUT2D eigenvalue weighted by atomic mass is 79.9. The zero-order valence-electron chi connectivity index (χ0n) is 17.7. The first-order valence-corrected chi connectivity index (χ1v) is 10.9. The molecule has 7 heteroatoms. The summed E-state index contributed by atoms with van der Waals surface area (Å²) in [6.45, 7) is 1.57. The van der Waals surface area contributed by atoms with Gasteiger partial charge in [0.25, 0.3) is 0 Å². The number of aromatic nitrogens is 5. The van der Waals surface area contributed by atoms with E-state index < -0.39 is 0 Å². The fraction of sp³-hybridized carbons (Fsp3) is 0.240. The summed E-state index contributed by atoms with van der Waals surface area (Å²) in [7, 11) is 0. The van der Waals surface area contributed by atoms with Crippen molar-refractivity contribution in [3.8, 4) is 0 Å². The van der Waals surface area contributed by atoms with Crippen LogP contribution in [0, 0.1) is 0 Å². The van der Waals surface area contributed by atoms with E-state index in [4.69, 9.17) is 9.97 Å². The number of nitrogens with zero attached hydrogens (tertiary/aromatic N) is 4. The SMILES string of the molecule is Br.c1cnc2c(c1)CCCC2N(Cc1ccc2nc[nH]c2c1)Cc1nc2ccccc2[nH]1. The van der Waals surface area contributed by atoms with Gasteiger partial charge in [-0.05, 0) is 60.7 Å². The minimum absolute atomic E-state index is 0. The third-order valence-corrected chi connectivity index (χ3v) is 6.27. The molecule has 162 valence electrons. The molecule has 0 saturated heterocycles. The Morgan fingerprint density at radius 1 is 0.938 bits per heavy atom. The average Bonchev–Trinajstić information content (AvgIpc) is 3.44. The van der Waals surface area contributed by atoms with Gasteiger partial charge in [-0.25, -0.2) is 9.97 Å². The Labute approximate surface area is 196 Å². The molecule has 1 unspecified atom stereocenters. The molecular formula is C25H25BrN6. The fourth-order valence-corrected chi connectivity index (χ4v) is 4.81. The first-order chi connectivity index (χ1) is 15.3. The van der Waals surface area contributed by atoms with Crippen LogP contribution in [-0.2, 0) is 19.5 Å². The zero-order chi connectivity index (χ0) is 20.6. The van der Waals surface area contributed by atoms with E-state index >= 15 is 0 Å². The van der Waals surface area contributed by atoms with Gasteiger partial charge in [0, 0.05) is 12.7 Å². The molecule has 1 aliphatic rings. The number of rotatable bonds is 5. The number of para-hydroxylation sites is 2. The van der Waals surface area contributed by atoms with Gasteiger partial charge in [0.1, 0.15) is 5.82 Å². The van der Waals surface area contributed by atoms with Crippen LogP contribution in [0.25, 0.3) is 22.1 Å². The van der Waals surface area contributed by atoms with E-state index in [0.717, 1.165) is 53.8 Å². The smallest absolute Gasteiger partial charge is 0.121 e. The first kappa shape index (κ1) is 20.8. The highest BCUT2D eigenvalue weighted by Crippen LogP contribution is 2.35. The zero-order valence-corrected chi connectivity index (χ0v) is 19.4. The largest absolute Gasteiger partial charge is 0.345 e. The van der Waals surface area contributed by atoms with Gasteiger partial charge in [-0.15, -0.1) is 17.0 Å². The monoisotopic (exact) mass is 488 g/mol. The number of aromatic amines is 2. The summed E-state index contributed by atoms with van der Waals surface area (Å²) in [5, 5.41) is 0. The van der Waals surface area contributed by atoms with Crippen molar-refractivity contribution in [2.75, 3.05) is 0 Å². The molecule has 1 atom stereocenters. The van der Waals surface area contributed by atoms with Gasteiger partial charge in [-0.1, -0.05) is 24.3 Å². The summed E-state index contributed by atoms with van der Waals surface area (Å²) in [5.41, 5.74) is 8.01. The molecule has 1 aliphatic carbocycles. The van der Waals surface area contributed by atoms with Crippen LogP contribution in [0.3, 0.4) is 0 Å². The number of benzene rings is 2. The Kier molecular flexibility index (Phi) is 5.76. The molecule has 6 rings (SSSR count). The number of imidazole rings is 2. The minimum atomic E-state index is 0. The molecule has 2 aromatic carbocycles. The summed E-state index contributed by atoms with van der Waals surface area (Å²) in [6, 6.07) is 19.2.